The molecule has 2 rings (SSSR count). The van der Waals surface area contributed by atoms with Crippen LogP contribution in [0.3, 0.4) is 0 Å². The van der Waals surface area contributed by atoms with E-state index in [-0.39, 0.29) is 22.7 Å². The Labute approximate surface area is 107 Å². The number of thiophene rings is 1. The molecule has 1 aromatic heterocycles. The lowest BCUT2D eigenvalue weighted by atomic mass is 10.0. The van der Waals surface area contributed by atoms with Gasteiger partial charge in [0.2, 0.25) is 5.91 Å². The number of hydrogen-bond acceptors (Lipinski definition) is 2. The maximum Gasteiger partial charge on any atom is 0.224 e. The Morgan fingerprint density at radius 1 is 1.35 bits per heavy atom. The molecule has 0 aromatic carbocycles. The number of nitrogens with one attached hydrogen (secondary N) is 1. The van der Waals surface area contributed by atoms with Crippen LogP contribution in [0.15, 0.2) is 17.5 Å². The summed E-state index contributed by atoms with van der Waals surface area (Å²) in [6, 6.07) is 4.16. The monoisotopic (exact) mass is 251 g/mol. The molecule has 0 spiro atoms. The number of carbonyl (C=O) groups excluding carboxylic acids is 1. The van der Waals surface area contributed by atoms with Crippen LogP contribution >= 0.6 is 11.3 Å². The molecule has 1 saturated carbocycles. The molecule has 1 N–H and O–H groups in total. The topological polar surface area (TPSA) is 29.1 Å². The summed E-state index contributed by atoms with van der Waals surface area (Å²) in [6.45, 7) is 9.46. The van der Waals surface area contributed by atoms with Crippen molar-refractivity contribution in [2.45, 2.75) is 34.1 Å². The maximum absolute atomic E-state index is 12.1. The average Bonchev–Trinajstić information content (AvgIpc) is 2.58. The molecule has 1 aromatic rings. The fourth-order valence-corrected chi connectivity index (χ4v) is 3.43. The smallest absolute Gasteiger partial charge is 0.224 e. The van der Waals surface area contributed by atoms with Gasteiger partial charge < -0.3 is 5.32 Å². The fourth-order valence-electron chi connectivity index (χ4n) is 2.72. The molecule has 0 aliphatic heterocycles. The molecular weight excluding hydrogens is 230 g/mol. The number of amides is 1. The van der Waals surface area contributed by atoms with E-state index in [9.17, 15) is 4.79 Å². The van der Waals surface area contributed by atoms with Crippen LogP contribution in [0.4, 0.5) is 0 Å². The van der Waals surface area contributed by atoms with E-state index in [4.69, 9.17) is 0 Å². The molecule has 1 fully saturated rings. The maximum atomic E-state index is 12.1. The summed E-state index contributed by atoms with van der Waals surface area (Å²) >= 11 is 1.75. The summed E-state index contributed by atoms with van der Waals surface area (Å²) in [5.74, 6) is 0.384. The van der Waals surface area contributed by atoms with Crippen LogP contribution in [0.25, 0.3) is 0 Å². The number of carbonyl (C=O) groups is 1. The van der Waals surface area contributed by atoms with E-state index < -0.39 is 0 Å². The van der Waals surface area contributed by atoms with Crippen molar-refractivity contribution in [1.82, 2.24) is 5.32 Å². The van der Waals surface area contributed by atoms with Crippen LogP contribution in [0.1, 0.15) is 32.6 Å². The Kier molecular flexibility index (Phi) is 3.06. The molecule has 0 radical (unpaired) electrons. The van der Waals surface area contributed by atoms with Crippen LogP contribution in [-0.2, 0) is 11.2 Å². The second-order valence-corrected chi connectivity index (χ2v) is 7.03. The van der Waals surface area contributed by atoms with Gasteiger partial charge in [0, 0.05) is 17.3 Å². The van der Waals surface area contributed by atoms with Gasteiger partial charge in [-0.2, -0.15) is 0 Å². The molecule has 1 amide bonds. The molecule has 1 aliphatic rings. The summed E-state index contributed by atoms with van der Waals surface area (Å²) in [4.78, 5) is 13.4. The highest BCUT2D eigenvalue weighted by molar-refractivity contribution is 7.09. The van der Waals surface area contributed by atoms with Crippen LogP contribution in [0.2, 0.25) is 0 Å². The van der Waals surface area contributed by atoms with Gasteiger partial charge in [-0.25, -0.2) is 0 Å². The molecule has 0 unspecified atom stereocenters. The average molecular weight is 251 g/mol. The minimum Gasteiger partial charge on any atom is -0.355 e. The SMILES string of the molecule is CC1(C)C(C(=O)NCCc2cccs2)C1(C)C. The van der Waals surface area contributed by atoms with Crippen LogP contribution in [0.5, 0.6) is 0 Å². The summed E-state index contributed by atoms with van der Waals surface area (Å²) in [5.41, 5.74) is 0.278. The third kappa shape index (κ3) is 2.13. The first-order chi connectivity index (χ1) is 7.87. The molecule has 3 heteroatoms. The molecule has 2 nitrogen and oxygen atoms in total. The Morgan fingerprint density at radius 2 is 2.00 bits per heavy atom. The van der Waals surface area contributed by atoms with Crippen molar-refractivity contribution >= 4 is 17.2 Å². The number of hydrogen-bond donors (Lipinski definition) is 1. The van der Waals surface area contributed by atoms with E-state index in [0.29, 0.717) is 0 Å². The Morgan fingerprint density at radius 3 is 2.47 bits per heavy atom. The highest BCUT2D eigenvalue weighted by Crippen LogP contribution is 2.68. The summed E-state index contributed by atoms with van der Waals surface area (Å²) in [7, 11) is 0. The van der Waals surface area contributed by atoms with E-state index >= 15 is 0 Å². The predicted molar refractivity (Wildman–Crippen MR) is 72.1 cm³/mol. The molecule has 17 heavy (non-hydrogen) atoms. The normalized spacial score (nSPS) is 21.2. The van der Waals surface area contributed by atoms with E-state index in [0.717, 1.165) is 13.0 Å². The van der Waals surface area contributed by atoms with Gasteiger partial charge in [0.25, 0.3) is 0 Å². The lowest BCUT2D eigenvalue weighted by Crippen LogP contribution is -2.29. The highest BCUT2D eigenvalue weighted by Gasteiger charge is 2.68. The van der Waals surface area contributed by atoms with Crippen molar-refractivity contribution in [2.75, 3.05) is 6.54 Å². The fraction of sp³-hybridized carbons (Fsp3) is 0.643. The molecule has 0 saturated heterocycles. The van der Waals surface area contributed by atoms with Crippen molar-refractivity contribution in [1.29, 1.82) is 0 Å². The van der Waals surface area contributed by atoms with Crippen molar-refractivity contribution in [3.05, 3.63) is 22.4 Å². The van der Waals surface area contributed by atoms with Gasteiger partial charge in [0.15, 0.2) is 0 Å². The van der Waals surface area contributed by atoms with E-state index in [2.05, 4.69) is 50.5 Å². The summed E-state index contributed by atoms with van der Waals surface area (Å²) < 4.78 is 0. The lowest BCUT2D eigenvalue weighted by molar-refractivity contribution is -0.123. The minimum absolute atomic E-state index is 0.139. The quantitative estimate of drug-likeness (QED) is 0.875. The molecule has 1 aliphatic carbocycles. The molecule has 94 valence electrons. The van der Waals surface area contributed by atoms with Gasteiger partial charge in [-0.3, -0.25) is 4.79 Å². The molecule has 0 bridgehead atoms. The standard InChI is InChI=1S/C14H21NOS/c1-13(2)11(14(13,3)4)12(16)15-8-7-10-6-5-9-17-10/h5-6,9,11H,7-8H2,1-4H3,(H,15,16). The van der Waals surface area contributed by atoms with Crippen LogP contribution < -0.4 is 5.32 Å². The zero-order valence-electron chi connectivity index (χ0n) is 11.0. The van der Waals surface area contributed by atoms with Gasteiger partial charge in [0.05, 0.1) is 0 Å². The van der Waals surface area contributed by atoms with Crippen molar-refractivity contribution < 1.29 is 4.79 Å². The van der Waals surface area contributed by atoms with Gasteiger partial charge >= 0.3 is 0 Å². The highest BCUT2D eigenvalue weighted by atomic mass is 32.1. The second-order valence-electron chi connectivity index (χ2n) is 6.00. The van der Waals surface area contributed by atoms with Crippen molar-refractivity contribution in [3.8, 4) is 0 Å². The molecular formula is C14H21NOS. The van der Waals surface area contributed by atoms with Crippen LogP contribution in [0, 0.1) is 16.7 Å². The van der Waals surface area contributed by atoms with E-state index in [1.54, 1.807) is 11.3 Å². The largest absolute Gasteiger partial charge is 0.355 e. The third-order valence-electron chi connectivity index (χ3n) is 4.53. The molecule has 1 heterocycles. The third-order valence-corrected chi connectivity index (χ3v) is 5.47. The van der Waals surface area contributed by atoms with Gasteiger partial charge in [-0.05, 0) is 28.7 Å². The first-order valence-corrected chi connectivity index (χ1v) is 7.05. The van der Waals surface area contributed by atoms with Crippen molar-refractivity contribution in [2.24, 2.45) is 16.7 Å². The zero-order chi connectivity index (χ0) is 12.7. The minimum atomic E-state index is 0.139. The Hall–Kier alpha value is -0.830. The first-order valence-electron chi connectivity index (χ1n) is 6.17. The summed E-state index contributed by atoms with van der Waals surface area (Å²) in [6.07, 6.45) is 0.941. The van der Waals surface area contributed by atoms with E-state index in [1.165, 1.54) is 4.88 Å². The lowest BCUT2D eigenvalue weighted by Gasteiger charge is -2.05. The van der Waals surface area contributed by atoms with Crippen molar-refractivity contribution in [3.63, 3.8) is 0 Å². The van der Waals surface area contributed by atoms with Gasteiger partial charge in [-0.15, -0.1) is 11.3 Å². The Balaban J connectivity index is 1.80. The second kappa shape index (κ2) is 4.13. The van der Waals surface area contributed by atoms with Gasteiger partial charge in [0.1, 0.15) is 0 Å². The molecule has 0 atom stereocenters. The first kappa shape index (κ1) is 12.6. The van der Waals surface area contributed by atoms with Crippen LogP contribution in [-0.4, -0.2) is 12.5 Å². The van der Waals surface area contributed by atoms with Gasteiger partial charge in [-0.1, -0.05) is 33.8 Å². The summed E-state index contributed by atoms with van der Waals surface area (Å²) in [5, 5.41) is 5.14. The van der Waals surface area contributed by atoms with E-state index in [1.807, 2.05) is 0 Å². The Bertz CT molecular complexity index is 392. The predicted octanol–water partition coefficient (Wildman–Crippen LogP) is 3.09. The zero-order valence-corrected chi connectivity index (χ0v) is 11.9. The number of rotatable bonds is 4.